The van der Waals surface area contributed by atoms with Crippen LogP contribution in [0.5, 0.6) is 5.06 Å². The van der Waals surface area contributed by atoms with Crippen LogP contribution < -0.4 is 4.74 Å². The van der Waals surface area contributed by atoms with Gasteiger partial charge < -0.3 is 9.47 Å². The molecule has 4 rings (SSSR count). The van der Waals surface area contributed by atoms with E-state index < -0.39 is 6.04 Å². The predicted molar refractivity (Wildman–Crippen MR) is 116 cm³/mol. The van der Waals surface area contributed by atoms with Gasteiger partial charge in [-0.05, 0) is 41.8 Å². The second-order valence-electron chi connectivity index (χ2n) is 6.94. The molecule has 0 saturated carbocycles. The van der Waals surface area contributed by atoms with Gasteiger partial charge in [-0.1, -0.05) is 48.0 Å². The first-order valence-electron chi connectivity index (χ1n) is 9.52. The van der Waals surface area contributed by atoms with Crippen LogP contribution in [0.1, 0.15) is 32.4 Å². The fraction of sp³-hybridized carbons (Fsp3) is 0.217. The average Bonchev–Trinajstić information content (AvgIpc) is 3.17. The Morgan fingerprint density at radius 2 is 1.83 bits per heavy atom. The van der Waals surface area contributed by atoms with E-state index in [0.717, 1.165) is 22.4 Å². The van der Waals surface area contributed by atoms with Gasteiger partial charge >= 0.3 is 11.9 Å². The number of hydrogen-bond acceptors (Lipinski definition) is 6. The number of ether oxygens (including phenoxy) is 2. The zero-order valence-corrected chi connectivity index (χ0v) is 17.9. The Bertz CT molecular complexity index is 1070. The second-order valence-corrected chi connectivity index (χ2v) is 8.44. The van der Waals surface area contributed by atoms with Crippen LogP contribution in [0.3, 0.4) is 0 Å². The quantitative estimate of drug-likeness (QED) is 0.527. The van der Waals surface area contributed by atoms with E-state index in [9.17, 15) is 9.59 Å². The first kappa shape index (κ1) is 20.6. The lowest BCUT2D eigenvalue weighted by Gasteiger charge is -2.33. The molecule has 0 radical (unpaired) electrons. The Morgan fingerprint density at radius 3 is 2.57 bits per heavy atom. The van der Waals surface area contributed by atoms with Crippen molar-refractivity contribution < 1.29 is 19.1 Å². The van der Waals surface area contributed by atoms with Gasteiger partial charge in [0, 0.05) is 23.0 Å². The number of hydrogen-bond donors (Lipinski definition) is 0. The van der Waals surface area contributed by atoms with E-state index in [1.165, 1.54) is 18.4 Å². The lowest BCUT2D eigenvalue weighted by Crippen LogP contribution is -2.38. The molecule has 2 aromatic carbocycles. The molecule has 154 valence electrons. The molecule has 0 amide bonds. The highest BCUT2D eigenvalue weighted by molar-refractivity contribution is 7.14. The fourth-order valence-corrected chi connectivity index (χ4v) is 4.85. The van der Waals surface area contributed by atoms with Crippen LogP contribution in [0.15, 0.2) is 60.7 Å². The summed E-state index contributed by atoms with van der Waals surface area (Å²) in [6.07, 6.45) is 0.751. The molecule has 1 aliphatic heterocycles. The van der Waals surface area contributed by atoms with Gasteiger partial charge in [0.1, 0.15) is 6.04 Å². The lowest BCUT2D eigenvalue weighted by molar-refractivity contribution is -0.147. The molecule has 0 spiro atoms. The highest BCUT2D eigenvalue weighted by Gasteiger charge is 2.33. The summed E-state index contributed by atoms with van der Waals surface area (Å²) in [6.45, 7) is 1.21. The first-order chi connectivity index (χ1) is 14.6. The number of carbonyl (C=O) groups is 2. The molecule has 2 heterocycles. The molecule has 0 saturated heterocycles. The molecule has 1 unspecified atom stereocenters. The standard InChI is InChI=1S/C23H20ClNO4S/c1-28-23(27)21(17-9-5-6-10-18(17)24)25-12-11-19-16(14-25)13-20(30-19)29-22(26)15-7-3-2-4-8-15/h2-10,13,21H,11-12,14H2,1H3. The fourth-order valence-electron chi connectivity index (χ4n) is 3.60. The van der Waals surface area contributed by atoms with Crippen LogP contribution in [0.4, 0.5) is 0 Å². The molecule has 7 heteroatoms. The summed E-state index contributed by atoms with van der Waals surface area (Å²) in [5, 5.41) is 1.09. The van der Waals surface area contributed by atoms with Crippen molar-refractivity contribution in [3.05, 3.63) is 87.3 Å². The number of nitrogens with zero attached hydrogens (tertiary/aromatic N) is 1. The third kappa shape index (κ3) is 4.26. The third-order valence-corrected chi connectivity index (χ3v) is 6.53. The van der Waals surface area contributed by atoms with Crippen LogP contribution in [0.25, 0.3) is 0 Å². The van der Waals surface area contributed by atoms with Crippen molar-refractivity contribution in [1.82, 2.24) is 4.90 Å². The molecule has 0 bridgehead atoms. The predicted octanol–water partition coefficient (Wildman–Crippen LogP) is 4.89. The maximum Gasteiger partial charge on any atom is 0.344 e. The van der Waals surface area contributed by atoms with Gasteiger partial charge in [-0.2, -0.15) is 0 Å². The van der Waals surface area contributed by atoms with Crippen molar-refractivity contribution in [3.8, 4) is 5.06 Å². The van der Waals surface area contributed by atoms with Gasteiger partial charge in [-0.15, -0.1) is 11.3 Å². The summed E-state index contributed by atoms with van der Waals surface area (Å²) in [5.74, 6) is -0.730. The smallest absolute Gasteiger partial charge is 0.344 e. The molecular weight excluding hydrogens is 422 g/mol. The molecule has 3 aromatic rings. The average molecular weight is 442 g/mol. The topological polar surface area (TPSA) is 55.8 Å². The van der Waals surface area contributed by atoms with Crippen LogP contribution in [-0.4, -0.2) is 30.5 Å². The van der Waals surface area contributed by atoms with Crippen molar-refractivity contribution in [2.45, 2.75) is 19.0 Å². The van der Waals surface area contributed by atoms with Gasteiger partial charge in [0.25, 0.3) is 0 Å². The highest BCUT2D eigenvalue weighted by atomic mass is 35.5. The van der Waals surface area contributed by atoms with Crippen LogP contribution in [-0.2, 0) is 22.5 Å². The molecule has 0 aliphatic carbocycles. The third-order valence-electron chi connectivity index (χ3n) is 5.07. The number of carbonyl (C=O) groups excluding carboxylic acids is 2. The van der Waals surface area contributed by atoms with Crippen LogP contribution in [0.2, 0.25) is 5.02 Å². The minimum absolute atomic E-state index is 0.350. The number of fused-ring (bicyclic) bond motifs is 1. The van der Waals surface area contributed by atoms with Gasteiger partial charge in [0.2, 0.25) is 0 Å². The Balaban J connectivity index is 1.55. The zero-order chi connectivity index (χ0) is 21.1. The monoisotopic (exact) mass is 441 g/mol. The summed E-state index contributed by atoms with van der Waals surface area (Å²) >= 11 is 7.84. The van der Waals surface area contributed by atoms with Gasteiger partial charge in [-0.25, -0.2) is 9.59 Å². The maximum absolute atomic E-state index is 12.6. The lowest BCUT2D eigenvalue weighted by atomic mass is 10.0. The number of thiophene rings is 1. The van der Waals surface area contributed by atoms with Crippen molar-refractivity contribution in [3.63, 3.8) is 0 Å². The van der Waals surface area contributed by atoms with Crippen LogP contribution in [0, 0.1) is 0 Å². The molecule has 0 fully saturated rings. The summed E-state index contributed by atoms with van der Waals surface area (Å²) in [5.41, 5.74) is 2.28. The number of methoxy groups -OCH3 is 1. The molecular formula is C23H20ClNO4S. The molecule has 1 aromatic heterocycles. The van der Waals surface area contributed by atoms with E-state index in [1.807, 2.05) is 35.2 Å². The Morgan fingerprint density at radius 1 is 1.10 bits per heavy atom. The normalized spacial score (nSPS) is 14.6. The van der Waals surface area contributed by atoms with Crippen molar-refractivity contribution >= 4 is 34.9 Å². The Hall–Kier alpha value is -2.67. The SMILES string of the molecule is COC(=O)C(c1ccccc1Cl)N1CCc2sc(OC(=O)c3ccccc3)cc2C1. The molecule has 1 atom stereocenters. The van der Waals surface area contributed by atoms with Gasteiger partial charge in [0.15, 0.2) is 5.06 Å². The van der Waals surface area contributed by atoms with Crippen LogP contribution >= 0.6 is 22.9 Å². The van der Waals surface area contributed by atoms with Crippen molar-refractivity contribution in [2.75, 3.05) is 13.7 Å². The zero-order valence-electron chi connectivity index (χ0n) is 16.3. The van der Waals surface area contributed by atoms with Gasteiger partial charge in [-0.3, -0.25) is 4.90 Å². The number of halogens is 1. The van der Waals surface area contributed by atoms with E-state index in [0.29, 0.717) is 28.7 Å². The minimum Gasteiger partial charge on any atom is -0.468 e. The van der Waals surface area contributed by atoms with Gasteiger partial charge in [0.05, 0.1) is 12.7 Å². The Kier molecular flexibility index (Phi) is 6.18. The van der Waals surface area contributed by atoms with Crippen molar-refractivity contribution in [1.29, 1.82) is 0 Å². The van der Waals surface area contributed by atoms with E-state index in [-0.39, 0.29) is 11.9 Å². The van der Waals surface area contributed by atoms with E-state index in [4.69, 9.17) is 21.1 Å². The molecule has 5 nitrogen and oxygen atoms in total. The van der Waals surface area contributed by atoms with Crippen molar-refractivity contribution in [2.24, 2.45) is 0 Å². The van der Waals surface area contributed by atoms with E-state index in [1.54, 1.807) is 30.3 Å². The number of benzene rings is 2. The van der Waals surface area contributed by atoms with E-state index >= 15 is 0 Å². The highest BCUT2D eigenvalue weighted by Crippen LogP contribution is 2.38. The second kappa shape index (κ2) is 9.00. The summed E-state index contributed by atoms with van der Waals surface area (Å²) < 4.78 is 10.6. The van der Waals surface area contributed by atoms with E-state index in [2.05, 4.69) is 0 Å². The number of rotatable bonds is 5. The first-order valence-corrected chi connectivity index (χ1v) is 10.7. The summed E-state index contributed by atoms with van der Waals surface area (Å²) in [6, 6.07) is 17.5. The Labute approximate surface area is 183 Å². The molecule has 30 heavy (non-hydrogen) atoms. The molecule has 1 aliphatic rings. The number of esters is 2. The minimum atomic E-state index is -0.591. The largest absolute Gasteiger partial charge is 0.468 e. The molecule has 0 N–H and O–H groups in total. The maximum atomic E-state index is 12.6. The summed E-state index contributed by atoms with van der Waals surface area (Å²) in [4.78, 5) is 28.1. The summed E-state index contributed by atoms with van der Waals surface area (Å²) in [7, 11) is 1.38.